The number of hydrogen-bond donors (Lipinski definition) is 1. The van der Waals surface area contributed by atoms with Crippen molar-refractivity contribution in [3.8, 4) is 11.4 Å². The number of aryl methyl sites for hydroxylation is 2. The highest BCUT2D eigenvalue weighted by Gasteiger charge is 2.23. The van der Waals surface area contributed by atoms with Crippen molar-refractivity contribution in [2.75, 3.05) is 5.32 Å². The molecule has 176 valence electrons. The number of benzene rings is 1. The molecule has 4 heterocycles. The summed E-state index contributed by atoms with van der Waals surface area (Å²) in [5, 5.41) is 7.56. The molecule has 3 aromatic heterocycles. The van der Waals surface area contributed by atoms with Crippen molar-refractivity contribution in [2.45, 2.75) is 65.3 Å². The zero-order valence-corrected chi connectivity index (χ0v) is 20.6. The average molecular weight is 478 g/mol. The van der Waals surface area contributed by atoms with E-state index in [1.165, 1.54) is 11.3 Å². The van der Waals surface area contributed by atoms with Gasteiger partial charge in [0, 0.05) is 29.6 Å². The summed E-state index contributed by atoms with van der Waals surface area (Å²) in [5.74, 6) is 1.66. The Labute approximate surface area is 201 Å². The van der Waals surface area contributed by atoms with E-state index in [0.717, 1.165) is 37.1 Å². The number of carbonyl (C=O) groups is 1. The fraction of sp³-hybridized carbons (Fsp3) is 0.400. The van der Waals surface area contributed by atoms with Gasteiger partial charge in [0.15, 0.2) is 0 Å². The number of rotatable bonds is 3. The maximum Gasteiger partial charge on any atom is 0.266 e. The molecule has 34 heavy (non-hydrogen) atoms. The van der Waals surface area contributed by atoms with Crippen LogP contribution in [0, 0.1) is 6.92 Å². The van der Waals surface area contributed by atoms with Crippen molar-refractivity contribution < 1.29 is 9.32 Å². The SMILES string of the molecule is Cc1c(C(=O)Nc2ccc(-c3noc(C(C)(C)C)n3)cc2)sc2nc3n(c(=O)c12)CCCCC3. The highest BCUT2D eigenvalue weighted by Crippen LogP contribution is 2.30. The van der Waals surface area contributed by atoms with Crippen LogP contribution < -0.4 is 10.9 Å². The van der Waals surface area contributed by atoms with Crippen molar-refractivity contribution in [3.05, 3.63) is 56.8 Å². The van der Waals surface area contributed by atoms with E-state index in [4.69, 9.17) is 9.51 Å². The first-order chi connectivity index (χ1) is 16.2. The summed E-state index contributed by atoms with van der Waals surface area (Å²) in [6.45, 7) is 8.56. The Hall–Kier alpha value is -3.33. The predicted octanol–water partition coefficient (Wildman–Crippen LogP) is 5.09. The molecule has 1 aromatic carbocycles. The summed E-state index contributed by atoms with van der Waals surface area (Å²) in [4.78, 5) is 36.6. The second kappa shape index (κ2) is 8.47. The Morgan fingerprint density at radius 1 is 1.12 bits per heavy atom. The number of anilines is 1. The standard InChI is InChI=1S/C25H27N5O3S/c1-14-18-22(27-17-8-6-5-7-13-30(17)23(18)32)34-19(14)21(31)26-16-11-9-15(10-12-16)20-28-24(33-29-20)25(2,3)4/h9-12H,5-8,13H2,1-4H3,(H,26,31). The van der Waals surface area contributed by atoms with Crippen molar-refractivity contribution >= 4 is 33.1 Å². The molecule has 0 unspecified atom stereocenters. The van der Waals surface area contributed by atoms with Gasteiger partial charge in [0.05, 0.1) is 10.3 Å². The van der Waals surface area contributed by atoms with Crippen molar-refractivity contribution in [3.63, 3.8) is 0 Å². The van der Waals surface area contributed by atoms with E-state index < -0.39 is 0 Å². The zero-order valence-electron chi connectivity index (χ0n) is 19.8. The third-order valence-corrected chi connectivity index (χ3v) is 7.27. The summed E-state index contributed by atoms with van der Waals surface area (Å²) in [7, 11) is 0. The first-order valence-electron chi connectivity index (χ1n) is 11.5. The lowest BCUT2D eigenvalue weighted by molar-refractivity contribution is 0.103. The molecule has 0 radical (unpaired) electrons. The van der Waals surface area contributed by atoms with E-state index in [2.05, 4.69) is 15.5 Å². The van der Waals surface area contributed by atoms with E-state index in [0.29, 0.717) is 44.6 Å². The molecule has 0 spiro atoms. The van der Waals surface area contributed by atoms with Gasteiger partial charge in [-0.15, -0.1) is 11.3 Å². The van der Waals surface area contributed by atoms with Gasteiger partial charge in [-0.3, -0.25) is 14.2 Å². The Morgan fingerprint density at radius 2 is 1.88 bits per heavy atom. The van der Waals surface area contributed by atoms with Crippen LogP contribution in [-0.4, -0.2) is 25.6 Å². The number of fused-ring (bicyclic) bond motifs is 2. The largest absolute Gasteiger partial charge is 0.338 e. The monoisotopic (exact) mass is 477 g/mol. The van der Waals surface area contributed by atoms with Gasteiger partial charge in [0.2, 0.25) is 11.7 Å². The molecule has 0 saturated heterocycles. The van der Waals surface area contributed by atoms with E-state index >= 15 is 0 Å². The fourth-order valence-corrected chi connectivity index (χ4v) is 5.25. The number of carbonyl (C=O) groups excluding carboxylic acids is 1. The molecule has 1 amide bonds. The van der Waals surface area contributed by atoms with Gasteiger partial charge in [-0.1, -0.05) is 32.3 Å². The van der Waals surface area contributed by atoms with Gasteiger partial charge in [-0.2, -0.15) is 4.98 Å². The minimum Gasteiger partial charge on any atom is -0.338 e. The minimum absolute atomic E-state index is 0.0335. The second-order valence-electron chi connectivity index (χ2n) is 9.74. The molecule has 8 nitrogen and oxygen atoms in total. The fourth-order valence-electron chi connectivity index (χ4n) is 4.16. The lowest BCUT2D eigenvalue weighted by Gasteiger charge is -2.10. The van der Waals surface area contributed by atoms with Gasteiger partial charge in [0.1, 0.15) is 10.7 Å². The Kier molecular flexibility index (Phi) is 5.59. The molecule has 0 fully saturated rings. The molecular formula is C25H27N5O3S. The summed E-state index contributed by atoms with van der Waals surface area (Å²) in [5.41, 5.74) is 1.87. The predicted molar refractivity (Wildman–Crippen MR) is 133 cm³/mol. The van der Waals surface area contributed by atoms with Crippen LogP contribution in [0.1, 0.15) is 67.0 Å². The first kappa shape index (κ1) is 22.5. The number of hydrogen-bond acceptors (Lipinski definition) is 7. The number of amides is 1. The maximum atomic E-state index is 13.2. The summed E-state index contributed by atoms with van der Waals surface area (Å²) >= 11 is 1.28. The number of nitrogens with one attached hydrogen (secondary N) is 1. The molecule has 0 aliphatic carbocycles. The van der Waals surface area contributed by atoms with Gasteiger partial charge in [-0.05, 0) is 49.6 Å². The molecule has 4 aromatic rings. The second-order valence-corrected chi connectivity index (χ2v) is 10.7. The van der Waals surface area contributed by atoms with Crippen LogP contribution in [0.25, 0.3) is 21.6 Å². The van der Waals surface area contributed by atoms with Crippen LogP contribution in [0.3, 0.4) is 0 Å². The Morgan fingerprint density at radius 3 is 2.59 bits per heavy atom. The van der Waals surface area contributed by atoms with E-state index in [9.17, 15) is 9.59 Å². The number of aromatic nitrogens is 4. The highest BCUT2D eigenvalue weighted by atomic mass is 32.1. The number of thiophene rings is 1. The first-order valence-corrected chi connectivity index (χ1v) is 12.3. The average Bonchev–Trinajstić information content (AvgIpc) is 3.34. The van der Waals surface area contributed by atoms with Gasteiger partial charge in [-0.25, -0.2) is 4.98 Å². The molecule has 1 aliphatic rings. The molecule has 0 saturated carbocycles. The van der Waals surface area contributed by atoms with Crippen LogP contribution in [0.4, 0.5) is 5.69 Å². The van der Waals surface area contributed by atoms with Crippen LogP contribution in [0.2, 0.25) is 0 Å². The van der Waals surface area contributed by atoms with Crippen molar-refractivity contribution in [1.82, 2.24) is 19.7 Å². The third-order valence-electron chi connectivity index (χ3n) is 6.09. The molecule has 0 atom stereocenters. The van der Waals surface area contributed by atoms with Crippen LogP contribution >= 0.6 is 11.3 Å². The topological polar surface area (TPSA) is 103 Å². The van der Waals surface area contributed by atoms with E-state index in [-0.39, 0.29) is 16.9 Å². The van der Waals surface area contributed by atoms with Crippen molar-refractivity contribution in [2.24, 2.45) is 0 Å². The lowest BCUT2D eigenvalue weighted by atomic mass is 9.97. The Bertz CT molecular complexity index is 1440. The smallest absolute Gasteiger partial charge is 0.266 e. The third kappa shape index (κ3) is 4.04. The van der Waals surface area contributed by atoms with Gasteiger partial charge in [0.25, 0.3) is 11.5 Å². The maximum absolute atomic E-state index is 13.2. The molecule has 9 heteroatoms. The van der Waals surface area contributed by atoms with Crippen LogP contribution in [0.15, 0.2) is 33.6 Å². The van der Waals surface area contributed by atoms with E-state index in [1.54, 1.807) is 16.7 Å². The van der Waals surface area contributed by atoms with Gasteiger partial charge < -0.3 is 9.84 Å². The molecular weight excluding hydrogens is 450 g/mol. The minimum atomic E-state index is -0.248. The lowest BCUT2D eigenvalue weighted by Crippen LogP contribution is -2.24. The van der Waals surface area contributed by atoms with Crippen LogP contribution in [-0.2, 0) is 18.4 Å². The summed E-state index contributed by atoms with van der Waals surface area (Å²) < 4.78 is 7.16. The normalized spacial score (nSPS) is 14.1. The Balaban J connectivity index is 1.39. The van der Waals surface area contributed by atoms with Crippen molar-refractivity contribution in [1.29, 1.82) is 0 Å². The molecule has 0 bridgehead atoms. The number of nitrogens with zero attached hydrogens (tertiary/aromatic N) is 4. The summed E-state index contributed by atoms with van der Waals surface area (Å²) in [6.07, 6.45) is 3.92. The van der Waals surface area contributed by atoms with Crippen LogP contribution in [0.5, 0.6) is 0 Å². The highest BCUT2D eigenvalue weighted by molar-refractivity contribution is 7.20. The quantitative estimate of drug-likeness (QED) is 0.441. The zero-order chi connectivity index (χ0) is 24.0. The summed E-state index contributed by atoms with van der Waals surface area (Å²) in [6, 6.07) is 7.29. The van der Waals surface area contributed by atoms with E-state index in [1.807, 2.05) is 39.8 Å². The molecule has 5 rings (SSSR count). The molecule has 1 N–H and O–H groups in total. The van der Waals surface area contributed by atoms with Gasteiger partial charge >= 0.3 is 0 Å². The molecule has 1 aliphatic heterocycles.